The van der Waals surface area contributed by atoms with Gasteiger partial charge in [0.15, 0.2) is 6.61 Å². The van der Waals surface area contributed by atoms with Crippen molar-refractivity contribution in [2.24, 2.45) is 0 Å². The molecule has 0 atom stereocenters. The van der Waals surface area contributed by atoms with Crippen LogP contribution in [0.2, 0.25) is 0 Å². The molecule has 2 aromatic carbocycles. The van der Waals surface area contributed by atoms with Crippen LogP contribution in [0, 0.1) is 10.1 Å². The van der Waals surface area contributed by atoms with E-state index >= 15 is 0 Å². The van der Waals surface area contributed by atoms with Crippen LogP contribution in [0.1, 0.15) is 24.0 Å². The molecule has 2 aromatic rings. The summed E-state index contributed by atoms with van der Waals surface area (Å²) in [4.78, 5) is 38.9. The molecule has 162 valence electrons. The number of nitrogens with one attached hydrogen (secondary N) is 1. The van der Waals surface area contributed by atoms with Crippen LogP contribution < -0.4 is 15.0 Å². The standard InChI is InChI=1S/C22H24N4O5/c27-21(23-12-16-3-5-17(6-4-16)13-24-9-1-2-10-24)14-25-19-11-18(26(29)30)7-8-20(19)31-15-22(25)28/h3-8,11H,1-2,9-10,12-15H2,(H,23,27). The van der Waals surface area contributed by atoms with Crippen molar-refractivity contribution in [3.05, 3.63) is 63.7 Å². The van der Waals surface area contributed by atoms with Crippen LogP contribution in [0.4, 0.5) is 11.4 Å². The average Bonchev–Trinajstić information content (AvgIpc) is 3.28. The predicted octanol–water partition coefficient (Wildman–Crippen LogP) is 2.23. The molecule has 0 bridgehead atoms. The Labute approximate surface area is 179 Å². The predicted molar refractivity (Wildman–Crippen MR) is 114 cm³/mol. The fourth-order valence-corrected chi connectivity index (χ4v) is 3.84. The zero-order valence-electron chi connectivity index (χ0n) is 17.1. The fraction of sp³-hybridized carbons (Fsp3) is 0.364. The van der Waals surface area contributed by atoms with Gasteiger partial charge in [0.05, 0.1) is 10.6 Å². The quantitative estimate of drug-likeness (QED) is 0.540. The van der Waals surface area contributed by atoms with Crippen LogP contribution in [0.3, 0.4) is 0 Å². The van der Waals surface area contributed by atoms with E-state index in [-0.39, 0.29) is 30.4 Å². The highest BCUT2D eigenvalue weighted by Gasteiger charge is 2.29. The normalized spacial score (nSPS) is 16.0. The van der Waals surface area contributed by atoms with E-state index in [0.29, 0.717) is 12.3 Å². The highest BCUT2D eigenvalue weighted by atomic mass is 16.6. The zero-order chi connectivity index (χ0) is 21.8. The number of non-ortho nitro benzene ring substituents is 1. The molecule has 1 N–H and O–H groups in total. The molecule has 4 rings (SSSR count). The second-order valence-corrected chi connectivity index (χ2v) is 7.75. The first-order valence-electron chi connectivity index (χ1n) is 10.3. The summed E-state index contributed by atoms with van der Waals surface area (Å²) in [6.07, 6.45) is 2.52. The molecule has 2 aliphatic rings. The number of ether oxygens (including phenoxy) is 1. The van der Waals surface area contributed by atoms with Gasteiger partial charge in [-0.15, -0.1) is 0 Å². The lowest BCUT2D eigenvalue weighted by Gasteiger charge is -2.28. The molecule has 0 aliphatic carbocycles. The molecule has 0 saturated carbocycles. The smallest absolute Gasteiger partial charge is 0.271 e. The van der Waals surface area contributed by atoms with Gasteiger partial charge in [0.1, 0.15) is 12.3 Å². The van der Waals surface area contributed by atoms with Crippen molar-refractivity contribution in [1.29, 1.82) is 0 Å². The molecule has 1 saturated heterocycles. The Morgan fingerprint density at radius 3 is 2.52 bits per heavy atom. The first-order valence-corrected chi connectivity index (χ1v) is 10.3. The Balaban J connectivity index is 1.35. The van der Waals surface area contributed by atoms with Crippen molar-refractivity contribution in [2.45, 2.75) is 25.9 Å². The molecule has 0 radical (unpaired) electrons. The summed E-state index contributed by atoms with van der Waals surface area (Å²) < 4.78 is 5.32. The molecule has 9 heteroatoms. The van der Waals surface area contributed by atoms with Gasteiger partial charge < -0.3 is 10.1 Å². The Morgan fingerprint density at radius 2 is 1.81 bits per heavy atom. The summed E-state index contributed by atoms with van der Waals surface area (Å²) in [5.41, 5.74) is 2.26. The molecule has 31 heavy (non-hydrogen) atoms. The fourth-order valence-electron chi connectivity index (χ4n) is 3.84. The molecular formula is C22H24N4O5. The van der Waals surface area contributed by atoms with E-state index in [4.69, 9.17) is 4.74 Å². The van der Waals surface area contributed by atoms with Gasteiger partial charge in [-0.2, -0.15) is 0 Å². The largest absolute Gasteiger partial charge is 0.482 e. The number of hydrogen-bond acceptors (Lipinski definition) is 6. The molecule has 9 nitrogen and oxygen atoms in total. The highest BCUT2D eigenvalue weighted by molar-refractivity contribution is 6.02. The van der Waals surface area contributed by atoms with Gasteiger partial charge in [0, 0.05) is 25.2 Å². The number of nitrogens with zero attached hydrogens (tertiary/aromatic N) is 3. The van der Waals surface area contributed by atoms with Crippen molar-refractivity contribution in [2.75, 3.05) is 31.1 Å². The number of rotatable bonds is 7. The summed E-state index contributed by atoms with van der Waals surface area (Å²) in [6, 6.07) is 12.1. The van der Waals surface area contributed by atoms with Crippen LogP contribution in [-0.2, 0) is 22.7 Å². The van der Waals surface area contributed by atoms with Gasteiger partial charge in [-0.05, 0) is 43.1 Å². The molecular weight excluding hydrogens is 400 g/mol. The molecule has 2 amide bonds. The summed E-state index contributed by atoms with van der Waals surface area (Å²) >= 11 is 0. The lowest BCUT2D eigenvalue weighted by molar-refractivity contribution is -0.384. The number of nitro groups is 1. The zero-order valence-corrected chi connectivity index (χ0v) is 17.1. The van der Waals surface area contributed by atoms with Crippen LogP contribution >= 0.6 is 0 Å². The number of likely N-dealkylation sites (tertiary alicyclic amines) is 1. The minimum absolute atomic E-state index is 0.170. The van der Waals surface area contributed by atoms with Crippen molar-refractivity contribution < 1.29 is 19.2 Å². The van der Waals surface area contributed by atoms with Gasteiger partial charge in [0.2, 0.25) is 5.91 Å². The number of benzene rings is 2. The number of anilines is 1. The summed E-state index contributed by atoms with van der Waals surface area (Å²) in [5, 5.41) is 13.9. The highest BCUT2D eigenvalue weighted by Crippen LogP contribution is 2.35. The third-order valence-corrected chi connectivity index (χ3v) is 5.52. The van der Waals surface area contributed by atoms with Crippen molar-refractivity contribution >= 4 is 23.2 Å². The lowest BCUT2D eigenvalue weighted by Crippen LogP contribution is -2.45. The molecule has 2 aliphatic heterocycles. The molecule has 2 heterocycles. The van der Waals surface area contributed by atoms with Crippen LogP contribution in [-0.4, -0.2) is 47.9 Å². The molecule has 1 fully saturated rings. The number of fused-ring (bicyclic) bond motifs is 1. The minimum Gasteiger partial charge on any atom is -0.482 e. The van der Waals surface area contributed by atoms with Crippen LogP contribution in [0.25, 0.3) is 0 Å². The maximum absolute atomic E-state index is 12.5. The average molecular weight is 424 g/mol. The van der Waals surface area contributed by atoms with E-state index in [1.807, 2.05) is 12.1 Å². The third-order valence-electron chi connectivity index (χ3n) is 5.52. The Bertz CT molecular complexity index is 986. The molecule has 0 spiro atoms. The molecule has 0 aromatic heterocycles. The second kappa shape index (κ2) is 9.13. The summed E-state index contributed by atoms with van der Waals surface area (Å²) in [5.74, 6) is -0.435. The van der Waals surface area contributed by atoms with E-state index < -0.39 is 10.8 Å². The van der Waals surface area contributed by atoms with Gasteiger partial charge in [-0.25, -0.2) is 0 Å². The van der Waals surface area contributed by atoms with Gasteiger partial charge in [-0.1, -0.05) is 24.3 Å². The Hall–Kier alpha value is -3.46. The number of carbonyl (C=O) groups is 2. The second-order valence-electron chi connectivity index (χ2n) is 7.75. The topological polar surface area (TPSA) is 105 Å². The number of amides is 2. The van der Waals surface area contributed by atoms with Gasteiger partial charge >= 0.3 is 0 Å². The van der Waals surface area contributed by atoms with E-state index in [1.165, 1.54) is 41.5 Å². The van der Waals surface area contributed by atoms with Crippen molar-refractivity contribution in [3.8, 4) is 5.75 Å². The lowest BCUT2D eigenvalue weighted by atomic mass is 10.1. The first kappa shape index (κ1) is 20.8. The van der Waals surface area contributed by atoms with Crippen LogP contribution in [0.15, 0.2) is 42.5 Å². The van der Waals surface area contributed by atoms with E-state index in [1.54, 1.807) is 0 Å². The van der Waals surface area contributed by atoms with E-state index in [2.05, 4.69) is 22.3 Å². The first-order chi connectivity index (χ1) is 15.0. The van der Waals surface area contributed by atoms with Gasteiger partial charge in [-0.3, -0.25) is 29.5 Å². The number of hydrogen-bond donors (Lipinski definition) is 1. The SMILES string of the molecule is O=C(CN1C(=O)COc2ccc([N+](=O)[O-])cc21)NCc1ccc(CN2CCCC2)cc1. The number of nitro benzene ring substituents is 1. The van der Waals surface area contributed by atoms with Crippen molar-refractivity contribution in [1.82, 2.24) is 10.2 Å². The Kier molecular flexibility index (Phi) is 6.13. The summed E-state index contributed by atoms with van der Waals surface area (Å²) in [7, 11) is 0. The third kappa shape index (κ3) is 5.00. The summed E-state index contributed by atoms with van der Waals surface area (Å²) in [6.45, 7) is 3.12. The minimum atomic E-state index is -0.551. The maximum Gasteiger partial charge on any atom is 0.271 e. The number of carbonyl (C=O) groups excluding carboxylic acids is 2. The Morgan fingerprint density at radius 1 is 1.10 bits per heavy atom. The van der Waals surface area contributed by atoms with Gasteiger partial charge in [0.25, 0.3) is 11.6 Å². The van der Waals surface area contributed by atoms with Crippen LogP contribution in [0.5, 0.6) is 5.75 Å². The van der Waals surface area contributed by atoms with Crippen molar-refractivity contribution in [3.63, 3.8) is 0 Å². The monoisotopic (exact) mass is 424 g/mol. The van der Waals surface area contributed by atoms with E-state index in [0.717, 1.165) is 25.2 Å². The maximum atomic E-state index is 12.5. The van der Waals surface area contributed by atoms with E-state index in [9.17, 15) is 19.7 Å². The molecule has 0 unspecified atom stereocenters.